The molecule has 9 heteroatoms. The van der Waals surface area contributed by atoms with Crippen molar-refractivity contribution in [2.75, 3.05) is 7.11 Å². The van der Waals surface area contributed by atoms with E-state index in [2.05, 4.69) is 10.1 Å². The monoisotopic (exact) mass is 424 g/mol. The van der Waals surface area contributed by atoms with E-state index < -0.39 is 17.7 Å². The van der Waals surface area contributed by atoms with Crippen molar-refractivity contribution in [2.45, 2.75) is 13.5 Å². The summed E-state index contributed by atoms with van der Waals surface area (Å²) in [6.45, 7) is 1.64. The molecule has 0 N–H and O–H groups in total. The number of halogens is 1. The largest absolute Gasteiger partial charge is 0.468 e. The van der Waals surface area contributed by atoms with Crippen LogP contribution in [0.2, 0.25) is 0 Å². The number of carbonyl (C=O) groups excluding carboxylic acids is 2. The number of rotatable bonds is 4. The van der Waals surface area contributed by atoms with Crippen LogP contribution in [0.3, 0.4) is 0 Å². The number of hydrogen-bond acceptors (Lipinski definition) is 5. The molecule has 0 radical (unpaired) electrons. The minimum absolute atomic E-state index is 0.142. The van der Waals surface area contributed by atoms with Gasteiger partial charge in [-0.25, -0.2) is 9.07 Å². The molecule has 2 heterocycles. The van der Waals surface area contributed by atoms with Crippen LogP contribution >= 0.6 is 11.3 Å². The molecule has 4 aromatic rings. The summed E-state index contributed by atoms with van der Waals surface area (Å²) in [5, 5.41) is 4.30. The molecule has 0 saturated carbocycles. The summed E-state index contributed by atoms with van der Waals surface area (Å²) in [5.41, 5.74) is 2.40. The second-order valence-electron chi connectivity index (χ2n) is 6.47. The lowest BCUT2D eigenvalue weighted by atomic mass is 10.2. The molecular formula is C21H17FN4O3S. The standard InChI is InChI=1S/C21H17FN4O3S/c1-13-16(11-23-26(13)15-6-4-3-5-7-15)20(28)24-21-25(12-19(27)29-2)17-9-8-14(22)10-18(17)30-21/h3-11H,12H2,1-2H3. The maximum atomic E-state index is 13.6. The highest BCUT2D eigenvalue weighted by Crippen LogP contribution is 2.19. The van der Waals surface area contributed by atoms with E-state index in [4.69, 9.17) is 4.74 Å². The first-order chi connectivity index (χ1) is 14.5. The normalized spacial score (nSPS) is 11.8. The van der Waals surface area contributed by atoms with Crippen LogP contribution in [-0.4, -0.2) is 33.3 Å². The smallest absolute Gasteiger partial charge is 0.325 e. The fourth-order valence-corrected chi connectivity index (χ4v) is 4.13. The maximum absolute atomic E-state index is 13.6. The number of esters is 1. The summed E-state index contributed by atoms with van der Waals surface area (Å²) >= 11 is 1.12. The highest BCUT2D eigenvalue weighted by molar-refractivity contribution is 7.16. The molecule has 0 aliphatic carbocycles. The molecule has 2 aromatic heterocycles. The Balaban J connectivity index is 1.80. The second-order valence-corrected chi connectivity index (χ2v) is 7.48. The van der Waals surface area contributed by atoms with E-state index in [1.165, 1.54) is 25.4 Å². The lowest BCUT2D eigenvalue weighted by Crippen LogP contribution is -2.22. The summed E-state index contributed by atoms with van der Waals surface area (Å²) in [6.07, 6.45) is 1.46. The van der Waals surface area contributed by atoms with Crippen LogP contribution in [0.4, 0.5) is 4.39 Å². The quantitative estimate of drug-likeness (QED) is 0.471. The highest BCUT2D eigenvalue weighted by Gasteiger charge is 2.17. The first-order valence-electron chi connectivity index (χ1n) is 9.02. The van der Waals surface area contributed by atoms with Crippen LogP contribution in [0.5, 0.6) is 0 Å². The van der Waals surface area contributed by atoms with E-state index in [9.17, 15) is 14.0 Å². The fraction of sp³-hybridized carbons (Fsp3) is 0.143. The van der Waals surface area contributed by atoms with Crippen LogP contribution in [0.1, 0.15) is 16.1 Å². The van der Waals surface area contributed by atoms with Crippen molar-refractivity contribution in [3.8, 4) is 5.69 Å². The molecular weight excluding hydrogens is 407 g/mol. The minimum atomic E-state index is -0.500. The third-order valence-corrected chi connectivity index (χ3v) is 5.64. The van der Waals surface area contributed by atoms with Crippen molar-refractivity contribution in [3.63, 3.8) is 0 Å². The number of para-hydroxylation sites is 1. The number of hydrogen-bond donors (Lipinski definition) is 0. The number of aromatic nitrogens is 3. The van der Waals surface area contributed by atoms with Gasteiger partial charge in [-0.2, -0.15) is 10.1 Å². The van der Waals surface area contributed by atoms with E-state index in [-0.39, 0.29) is 11.3 Å². The first kappa shape index (κ1) is 19.7. The predicted molar refractivity (Wildman–Crippen MR) is 110 cm³/mol. The third kappa shape index (κ3) is 3.67. The number of benzene rings is 2. The molecule has 7 nitrogen and oxygen atoms in total. The zero-order chi connectivity index (χ0) is 21.3. The van der Waals surface area contributed by atoms with Gasteiger partial charge in [-0.1, -0.05) is 29.5 Å². The Morgan fingerprint density at radius 2 is 1.97 bits per heavy atom. The molecule has 0 spiro atoms. The van der Waals surface area contributed by atoms with Crippen molar-refractivity contribution >= 4 is 33.4 Å². The van der Waals surface area contributed by atoms with Gasteiger partial charge in [0.05, 0.1) is 40.5 Å². The molecule has 4 rings (SSSR count). The van der Waals surface area contributed by atoms with Gasteiger partial charge in [0.15, 0.2) is 4.80 Å². The van der Waals surface area contributed by atoms with Gasteiger partial charge in [0.2, 0.25) is 0 Å². The number of fused-ring (bicyclic) bond motifs is 1. The number of amides is 1. The van der Waals surface area contributed by atoms with Crippen molar-refractivity contribution in [2.24, 2.45) is 4.99 Å². The molecule has 30 heavy (non-hydrogen) atoms. The van der Waals surface area contributed by atoms with Gasteiger partial charge in [-0.05, 0) is 37.3 Å². The summed E-state index contributed by atoms with van der Waals surface area (Å²) in [7, 11) is 1.28. The molecule has 0 atom stereocenters. The van der Waals surface area contributed by atoms with Gasteiger partial charge < -0.3 is 9.30 Å². The van der Waals surface area contributed by atoms with Gasteiger partial charge in [0, 0.05) is 0 Å². The van der Waals surface area contributed by atoms with E-state index in [0.717, 1.165) is 17.0 Å². The molecule has 1 amide bonds. The molecule has 0 aliphatic heterocycles. The van der Waals surface area contributed by atoms with E-state index in [1.807, 2.05) is 30.3 Å². The number of carbonyl (C=O) groups is 2. The van der Waals surface area contributed by atoms with Gasteiger partial charge in [-0.3, -0.25) is 9.59 Å². The Hall–Kier alpha value is -3.59. The fourth-order valence-electron chi connectivity index (χ4n) is 3.07. The topological polar surface area (TPSA) is 78.5 Å². The van der Waals surface area contributed by atoms with E-state index in [1.54, 1.807) is 22.2 Å². The van der Waals surface area contributed by atoms with Gasteiger partial charge in [0.25, 0.3) is 5.91 Å². The van der Waals surface area contributed by atoms with Crippen molar-refractivity contribution < 1.29 is 18.7 Å². The molecule has 0 fully saturated rings. The van der Waals surface area contributed by atoms with Gasteiger partial charge in [-0.15, -0.1) is 0 Å². The minimum Gasteiger partial charge on any atom is -0.468 e. The average molecular weight is 424 g/mol. The Morgan fingerprint density at radius 3 is 2.70 bits per heavy atom. The van der Waals surface area contributed by atoms with E-state index in [0.29, 0.717) is 21.5 Å². The van der Waals surface area contributed by atoms with Crippen LogP contribution in [0.25, 0.3) is 15.9 Å². The Morgan fingerprint density at radius 1 is 1.20 bits per heavy atom. The SMILES string of the molecule is COC(=O)Cn1c(=NC(=O)c2cnn(-c3ccccc3)c2C)sc2cc(F)ccc21. The van der Waals surface area contributed by atoms with Crippen molar-refractivity contribution in [3.05, 3.63) is 76.6 Å². The second kappa shape index (κ2) is 8.03. The van der Waals surface area contributed by atoms with Gasteiger partial charge in [0.1, 0.15) is 12.4 Å². The number of methoxy groups -OCH3 is 1. The third-order valence-electron chi connectivity index (χ3n) is 4.60. The maximum Gasteiger partial charge on any atom is 0.325 e. The predicted octanol–water partition coefficient (Wildman–Crippen LogP) is 3.25. The first-order valence-corrected chi connectivity index (χ1v) is 9.84. The Labute approximate surface area is 174 Å². The zero-order valence-electron chi connectivity index (χ0n) is 16.2. The highest BCUT2D eigenvalue weighted by atomic mass is 32.1. The van der Waals surface area contributed by atoms with E-state index >= 15 is 0 Å². The van der Waals surface area contributed by atoms with Crippen LogP contribution in [0.15, 0.2) is 59.7 Å². The lowest BCUT2D eigenvalue weighted by molar-refractivity contribution is -0.141. The number of ether oxygens (including phenoxy) is 1. The molecule has 2 aromatic carbocycles. The number of thiazole rings is 1. The molecule has 0 unspecified atom stereocenters. The summed E-state index contributed by atoms with van der Waals surface area (Å²) in [4.78, 5) is 29.3. The van der Waals surface area contributed by atoms with Crippen molar-refractivity contribution in [1.82, 2.24) is 14.3 Å². The summed E-state index contributed by atoms with van der Waals surface area (Å²) in [6, 6.07) is 13.6. The lowest BCUT2D eigenvalue weighted by Gasteiger charge is -2.04. The molecule has 0 saturated heterocycles. The van der Waals surface area contributed by atoms with Gasteiger partial charge >= 0.3 is 5.97 Å². The Bertz CT molecular complexity index is 1320. The molecule has 152 valence electrons. The summed E-state index contributed by atoms with van der Waals surface area (Å²) < 4.78 is 22.2. The van der Waals surface area contributed by atoms with Crippen LogP contribution in [-0.2, 0) is 16.1 Å². The molecule has 0 bridgehead atoms. The van der Waals surface area contributed by atoms with Crippen LogP contribution in [0, 0.1) is 12.7 Å². The van der Waals surface area contributed by atoms with Crippen molar-refractivity contribution in [1.29, 1.82) is 0 Å². The Kier molecular flexibility index (Phi) is 5.28. The molecule has 0 aliphatic rings. The average Bonchev–Trinajstić information content (AvgIpc) is 3.28. The summed E-state index contributed by atoms with van der Waals surface area (Å²) in [5.74, 6) is -1.41. The number of nitrogens with zero attached hydrogens (tertiary/aromatic N) is 4. The van der Waals surface area contributed by atoms with Crippen LogP contribution < -0.4 is 4.80 Å². The zero-order valence-corrected chi connectivity index (χ0v) is 17.0.